The van der Waals surface area contributed by atoms with E-state index in [0.717, 1.165) is 54.1 Å². The van der Waals surface area contributed by atoms with Crippen molar-refractivity contribution >= 4 is 16.7 Å². The molecule has 0 bridgehead atoms. The van der Waals surface area contributed by atoms with Crippen LogP contribution in [-0.2, 0) is 0 Å². The number of unbranched alkanes of at least 4 members (excludes halogenated alkanes) is 1. The highest BCUT2D eigenvalue weighted by Crippen LogP contribution is 2.27. The number of benzene rings is 1. The Labute approximate surface area is 131 Å². The van der Waals surface area contributed by atoms with E-state index in [2.05, 4.69) is 53.0 Å². The number of hydrogen-bond donors (Lipinski definition) is 0. The molecule has 0 aliphatic carbocycles. The minimum atomic E-state index is 0.767. The largest absolute Gasteiger partial charge is 0.493 e. The van der Waals surface area contributed by atoms with Gasteiger partial charge in [0.2, 0.25) is 0 Å². The second-order valence-corrected chi connectivity index (χ2v) is 5.53. The average molecular weight is 294 g/mol. The number of fused-ring (bicyclic) bond motifs is 1. The average Bonchev–Trinajstić information content (AvgIpc) is 2.84. The fourth-order valence-electron chi connectivity index (χ4n) is 2.60. The molecule has 0 fully saturated rings. The van der Waals surface area contributed by atoms with Crippen LogP contribution in [0.1, 0.15) is 33.1 Å². The van der Waals surface area contributed by atoms with Crippen LogP contribution in [0.2, 0.25) is 0 Å². The van der Waals surface area contributed by atoms with Gasteiger partial charge in [-0.1, -0.05) is 31.6 Å². The Morgan fingerprint density at radius 3 is 3.05 bits per heavy atom. The lowest BCUT2D eigenvalue weighted by atomic mass is 10.2. The van der Waals surface area contributed by atoms with E-state index in [1.54, 1.807) is 0 Å². The number of aliphatic imine (C=N–C) groups is 1. The molecule has 1 aromatic carbocycles. The van der Waals surface area contributed by atoms with E-state index in [0.29, 0.717) is 0 Å². The summed E-state index contributed by atoms with van der Waals surface area (Å²) in [4.78, 5) is 4.69. The minimum absolute atomic E-state index is 0.767. The first-order valence-electron chi connectivity index (χ1n) is 7.95. The molecule has 1 aromatic heterocycles. The second-order valence-electron chi connectivity index (χ2n) is 5.53. The normalized spacial score (nSPS) is 14.6. The van der Waals surface area contributed by atoms with Gasteiger partial charge in [0.1, 0.15) is 11.6 Å². The fraction of sp³-hybridized carbons (Fsp3) is 0.316. The van der Waals surface area contributed by atoms with Crippen molar-refractivity contribution in [2.75, 3.05) is 6.61 Å². The predicted octanol–water partition coefficient (Wildman–Crippen LogP) is 4.93. The molecular weight excluding hydrogens is 272 g/mol. The van der Waals surface area contributed by atoms with Crippen molar-refractivity contribution in [2.45, 2.75) is 33.1 Å². The molecule has 0 spiro atoms. The van der Waals surface area contributed by atoms with Gasteiger partial charge in [0, 0.05) is 17.3 Å². The molecule has 3 heteroatoms. The lowest BCUT2D eigenvalue weighted by molar-refractivity contribution is 0.313. The molecule has 0 radical (unpaired) electrons. The molecule has 2 aromatic rings. The summed E-state index contributed by atoms with van der Waals surface area (Å²) >= 11 is 0. The van der Waals surface area contributed by atoms with Gasteiger partial charge >= 0.3 is 0 Å². The van der Waals surface area contributed by atoms with Gasteiger partial charge in [-0.2, -0.15) is 0 Å². The van der Waals surface area contributed by atoms with Gasteiger partial charge in [0.25, 0.3) is 0 Å². The van der Waals surface area contributed by atoms with Gasteiger partial charge in [0.15, 0.2) is 0 Å². The van der Waals surface area contributed by atoms with Crippen LogP contribution in [0.4, 0.5) is 0 Å². The Morgan fingerprint density at radius 2 is 2.18 bits per heavy atom. The molecule has 2 heterocycles. The van der Waals surface area contributed by atoms with Crippen molar-refractivity contribution in [3.63, 3.8) is 0 Å². The van der Waals surface area contributed by atoms with Gasteiger partial charge in [0.05, 0.1) is 12.1 Å². The van der Waals surface area contributed by atoms with Crippen LogP contribution in [0, 0.1) is 0 Å². The molecule has 0 amide bonds. The number of rotatable bonds is 4. The highest BCUT2D eigenvalue weighted by molar-refractivity contribution is 6.03. The van der Waals surface area contributed by atoms with E-state index in [1.807, 2.05) is 19.1 Å². The second kappa shape index (κ2) is 6.65. The molecule has 3 nitrogen and oxygen atoms in total. The summed E-state index contributed by atoms with van der Waals surface area (Å²) in [5.41, 5.74) is 2.18. The maximum atomic E-state index is 5.92. The Bertz CT molecular complexity index is 750. The fourth-order valence-corrected chi connectivity index (χ4v) is 2.60. The molecule has 1 aliphatic rings. The number of hydrogen-bond acceptors (Lipinski definition) is 2. The first-order chi connectivity index (χ1) is 10.8. The van der Waals surface area contributed by atoms with E-state index >= 15 is 0 Å². The summed E-state index contributed by atoms with van der Waals surface area (Å²) in [7, 11) is 0. The Hall–Kier alpha value is -2.29. The van der Waals surface area contributed by atoms with E-state index < -0.39 is 0 Å². The zero-order chi connectivity index (χ0) is 15.4. The van der Waals surface area contributed by atoms with Crippen LogP contribution in [-0.4, -0.2) is 17.0 Å². The van der Waals surface area contributed by atoms with Crippen LogP contribution in [0.5, 0.6) is 5.75 Å². The van der Waals surface area contributed by atoms with Gasteiger partial charge in [-0.15, -0.1) is 0 Å². The van der Waals surface area contributed by atoms with Crippen molar-refractivity contribution in [3.05, 3.63) is 54.4 Å². The standard InChI is InChI=1S/C19H22N2O/c1-3-4-14-22-18-10-7-9-17-16(18)12-13-21(17)19-11-6-5-8-15(2)20-19/h6-13H,3-5,14H2,1-2H3. The molecular formula is C19H22N2O. The van der Waals surface area contributed by atoms with Crippen molar-refractivity contribution in [3.8, 4) is 5.75 Å². The van der Waals surface area contributed by atoms with Crippen molar-refractivity contribution in [2.24, 2.45) is 4.99 Å². The molecule has 0 saturated heterocycles. The first kappa shape index (κ1) is 14.6. The third-order valence-corrected chi connectivity index (χ3v) is 3.80. The highest BCUT2D eigenvalue weighted by atomic mass is 16.5. The van der Waals surface area contributed by atoms with Crippen LogP contribution < -0.4 is 4.74 Å². The highest BCUT2D eigenvalue weighted by Gasteiger charge is 2.10. The zero-order valence-corrected chi connectivity index (χ0v) is 13.2. The Balaban J connectivity index is 1.99. The van der Waals surface area contributed by atoms with Gasteiger partial charge in [-0.05, 0) is 44.0 Å². The molecule has 0 unspecified atom stereocenters. The third-order valence-electron chi connectivity index (χ3n) is 3.80. The summed E-state index contributed by atoms with van der Waals surface area (Å²) in [6.45, 7) is 4.98. The Kier molecular flexibility index (Phi) is 4.42. The van der Waals surface area contributed by atoms with E-state index in [-0.39, 0.29) is 0 Å². The maximum absolute atomic E-state index is 5.92. The van der Waals surface area contributed by atoms with Crippen molar-refractivity contribution in [1.82, 2.24) is 4.57 Å². The van der Waals surface area contributed by atoms with E-state index in [4.69, 9.17) is 4.74 Å². The van der Waals surface area contributed by atoms with Crippen LogP contribution in [0.3, 0.4) is 0 Å². The smallest absolute Gasteiger partial charge is 0.137 e. The van der Waals surface area contributed by atoms with Crippen LogP contribution in [0.25, 0.3) is 10.9 Å². The SMILES string of the molecule is CCCCOc1cccc2c1ccn2C1=NC(C)=CCC=C1. The summed E-state index contributed by atoms with van der Waals surface area (Å²) in [5.74, 6) is 1.90. The molecule has 0 saturated carbocycles. The summed E-state index contributed by atoms with van der Waals surface area (Å²) < 4.78 is 8.05. The van der Waals surface area contributed by atoms with Crippen molar-refractivity contribution in [1.29, 1.82) is 0 Å². The zero-order valence-electron chi connectivity index (χ0n) is 13.2. The van der Waals surface area contributed by atoms with Crippen LogP contribution in [0.15, 0.2) is 59.4 Å². The molecule has 0 atom stereocenters. The number of nitrogens with zero attached hydrogens (tertiary/aromatic N) is 2. The maximum Gasteiger partial charge on any atom is 0.137 e. The topological polar surface area (TPSA) is 26.5 Å². The van der Waals surface area contributed by atoms with Gasteiger partial charge in [-0.25, -0.2) is 4.99 Å². The molecule has 1 aliphatic heterocycles. The van der Waals surface area contributed by atoms with E-state index in [1.165, 1.54) is 0 Å². The number of allylic oxidation sites excluding steroid dienone is 4. The first-order valence-corrected chi connectivity index (χ1v) is 7.95. The van der Waals surface area contributed by atoms with Crippen molar-refractivity contribution < 1.29 is 4.74 Å². The molecule has 3 rings (SSSR count). The quantitative estimate of drug-likeness (QED) is 0.734. The predicted molar refractivity (Wildman–Crippen MR) is 92.7 cm³/mol. The Morgan fingerprint density at radius 1 is 1.27 bits per heavy atom. The molecule has 0 N–H and O–H groups in total. The summed E-state index contributed by atoms with van der Waals surface area (Å²) in [5, 5.41) is 1.14. The third kappa shape index (κ3) is 2.98. The van der Waals surface area contributed by atoms with Gasteiger partial charge in [-0.3, -0.25) is 0 Å². The number of ether oxygens (including phenoxy) is 1. The molecule has 114 valence electrons. The monoisotopic (exact) mass is 294 g/mol. The minimum Gasteiger partial charge on any atom is -0.493 e. The summed E-state index contributed by atoms with van der Waals surface area (Å²) in [6, 6.07) is 8.31. The molecule has 22 heavy (non-hydrogen) atoms. The number of aromatic nitrogens is 1. The summed E-state index contributed by atoms with van der Waals surface area (Å²) in [6.07, 6.45) is 11.6. The lowest BCUT2D eigenvalue weighted by Gasteiger charge is -2.09. The van der Waals surface area contributed by atoms with Crippen LogP contribution >= 0.6 is 0 Å². The lowest BCUT2D eigenvalue weighted by Crippen LogP contribution is -2.07. The van der Waals surface area contributed by atoms with Gasteiger partial charge < -0.3 is 9.30 Å². The van der Waals surface area contributed by atoms with E-state index in [9.17, 15) is 0 Å².